The first-order chi connectivity index (χ1) is 19.8. The number of halogens is 3. The lowest BCUT2D eigenvalue weighted by Gasteiger charge is -2.32. The number of nitrogens with zero attached hydrogens (tertiary/aromatic N) is 3. The van der Waals surface area contributed by atoms with Crippen LogP contribution in [0.2, 0.25) is 0 Å². The van der Waals surface area contributed by atoms with Gasteiger partial charge in [-0.3, -0.25) is 14.3 Å². The minimum atomic E-state index is -4.81. The highest BCUT2D eigenvalue weighted by Gasteiger charge is 2.45. The first kappa shape index (κ1) is 27.5. The number of hydrogen-bond acceptors (Lipinski definition) is 6. The number of alkyl halides is 3. The largest absolute Gasteiger partial charge is 0.455 e. The summed E-state index contributed by atoms with van der Waals surface area (Å²) in [5.41, 5.74) is 0.321. The predicted octanol–water partition coefficient (Wildman–Crippen LogP) is 3.96. The third kappa shape index (κ3) is 5.76. The Morgan fingerprint density at radius 3 is 2.56 bits per heavy atom. The average Bonchev–Trinajstić information content (AvgIpc) is 3.58. The Labute approximate surface area is 234 Å². The fourth-order valence-electron chi connectivity index (χ4n) is 5.82. The van der Waals surface area contributed by atoms with Crippen molar-refractivity contribution in [2.45, 2.75) is 44.5 Å². The smallest absolute Gasteiger partial charge is 0.420 e. The zero-order valence-corrected chi connectivity index (χ0v) is 22.4. The number of fused-ring (bicyclic) bond motifs is 3. The lowest BCUT2D eigenvalue weighted by molar-refractivity contribution is -0.137. The topological polar surface area (TPSA) is 98.8 Å². The minimum Gasteiger partial charge on any atom is -0.455 e. The van der Waals surface area contributed by atoms with E-state index in [1.807, 2.05) is 23.1 Å². The third-order valence-electron chi connectivity index (χ3n) is 7.91. The Balaban J connectivity index is 1.17. The zero-order chi connectivity index (χ0) is 28.6. The number of piperidine rings is 1. The lowest BCUT2D eigenvalue weighted by Crippen LogP contribution is -2.40. The third-order valence-corrected chi connectivity index (χ3v) is 7.91. The number of likely N-dealkylation sites (tertiary alicyclic amines) is 1. The molecule has 6 rings (SSSR count). The maximum atomic E-state index is 14.4. The molecule has 2 saturated heterocycles. The number of rotatable bonds is 6. The van der Waals surface area contributed by atoms with Gasteiger partial charge in [0.2, 0.25) is 5.76 Å². The molecule has 12 heteroatoms. The molecular weight excluding hydrogens is 541 g/mol. The van der Waals surface area contributed by atoms with Crippen molar-refractivity contribution in [3.05, 3.63) is 64.7 Å². The molecule has 3 aromatic rings. The normalized spacial score (nSPS) is 19.5. The molecule has 1 atom stereocenters. The number of furan rings is 1. The number of aromatic nitrogens is 2. The van der Waals surface area contributed by atoms with E-state index in [4.69, 9.17) is 13.9 Å². The fraction of sp³-hybridized carbons (Fsp3) is 0.483. The Morgan fingerprint density at radius 1 is 1.07 bits per heavy atom. The van der Waals surface area contributed by atoms with Crippen LogP contribution in [-0.4, -0.2) is 72.1 Å². The first-order valence-electron chi connectivity index (χ1n) is 13.9. The molecule has 3 aliphatic rings. The molecule has 2 aromatic heterocycles. The van der Waals surface area contributed by atoms with Crippen LogP contribution in [0.1, 0.15) is 50.6 Å². The summed E-state index contributed by atoms with van der Waals surface area (Å²) in [6.07, 6.45) is -1.20. The number of benzene rings is 1. The van der Waals surface area contributed by atoms with Crippen molar-refractivity contribution in [1.82, 2.24) is 20.0 Å². The van der Waals surface area contributed by atoms with Gasteiger partial charge < -0.3 is 24.1 Å². The molecule has 1 aliphatic carbocycles. The molecule has 218 valence electrons. The van der Waals surface area contributed by atoms with Gasteiger partial charge in [0.25, 0.3) is 11.8 Å². The molecule has 2 fully saturated rings. The molecule has 0 spiro atoms. The molecule has 2 aliphatic heterocycles. The summed E-state index contributed by atoms with van der Waals surface area (Å²) >= 11 is 0. The molecule has 0 radical (unpaired) electrons. The van der Waals surface area contributed by atoms with Crippen LogP contribution in [0.5, 0.6) is 0 Å². The molecule has 41 heavy (non-hydrogen) atoms. The summed E-state index contributed by atoms with van der Waals surface area (Å²) < 4.78 is 61.1. The standard InChI is InChI=1S/C29H31F3N4O5/c30-29(31,32)24-23-22(41-26(24)27(37)33-14-21-17-39-12-13-40-21)7-6-20-16-36(34-25(20)23)15-18-8-10-35(11-9-18)28(38)19-4-2-1-3-5-19/h1-5,16,18,21H,6-15,17H2,(H,33,37)/t21-/m1/s1. The second-order valence-corrected chi connectivity index (χ2v) is 10.7. The Morgan fingerprint density at radius 2 is 1.85 bits per heavy atom. The van der Waals surface area contributed by atoms with Gasteiger partial charge in [0.05, 0.1) is 37.2 Å². The maximum absolute atomic E-state index is 14.4. The van der Waals surface area contributed by atoms with Crippen LogP contribution in [0.4, 0.5) is 13.2 Å². The number of ether oxygens (including phenoxy) is 2. The molecule has 0 saturated carbocycles. The first-order valence-corrected chi connectivity index (χ1v) is 13.9. The van der Waals surface area contributed by atoms with E-state index in [0.717, 1.165) is 12.8 Å². The lowest BCUT2D eigenvalue weighted by atomic mass is 9.93. The second kappa shape index (κ2) is 11.3. The highest BCUT2D eigenvalue weighted by atomic mass is 19.4. The number of hydrogen-bond donors (Lipinski definition) is 1. The van der Waals surface area contributed by atoms with Gasteiger partial charge in [0.1, 0.15) is 11.3 Å². The maximum Gasteiger partial charge on any atom is 0.420 e. The summed E-state index contributed by atoms with van der Waals surface area (Å²) in [5.74, 6) is -1.35. The van der Waals surface area contributed by atoms with E-state index in [2.05, 4.69) is 10.4 Å². The van der Waals surface area contributed by atoms with Gasteiger partial charge in [-0.1, -0.05) is 18.2 Å². The average molecular weight is 573 g/mol. The van der Waals surface area contributed by atoms with Crippen LogP contribution in [0.15, 0.2) is 40.9 Å². The number of carbonyl (C=O) groups excluding carboxylic acids is 2. The van der Waals surface area contributed by atoms with Crippen molar-refractivity contribution in [3.63, 3.8) is 0 Å². The van der Waals surface area contributed by atoms with Gasteiger partial charge in [0.15, 0.2) is 0 Å². The van der Waals surface area contributed by atoms with Gasteiger partial charge >= 0.3 is 6.18 Å². The quantitative estimate of drug-likeness (QED) is 0.480. The SMILES string of the molecule is O=C(NC[C@@H]1COCCO1)c1oc2c(c1C(F)(F)F)-c1nn(CC3CCN(C(=O)c4ccccc4)CC3)cc1CC2. The monoisotopic (exact) mass is 572 g/mol. The van der Waals surface area contributed by atoms with Gasteiger partial charge in [-0.05, 0) is 42.9 Å². The van der Waals surface area contributed by atoms with E-state index in [0.29, 0.717) is 50.4 Å². The van der Waals surface area contributed by atoms with E-state index >= 15 is 0 Å². The molecule has 0 unspecified atom stereocenters. The second-order valence-electron chi connectivity index (χ2n) is 10.7. The van der Waals surface area contributed by atoms with Crippen LogP contribution in [0.3, 0.4) is 0 Å². The summed E-state index contributed by atoms with van der Waals surface area (Å²) in [5, 5.41) is 7.07. The molecule has 9 nitrogen and oxygen atoms in total. The van der Waals surface area contributed by atoms with Gasteiger partial charge in [0, 0.05) is 44.4 Å². The summed E-state index contributed by atoms with van der Waals surface area (Å²) in [7, 11) is 0. The Kier molecular flexibility index (Phi) is 7.60. The van der Waals surface area contributed by atoms with Crippen LogP contribution in [0.25, 0.3) is 11.3 Å². The van der Waals surface area contributed by atoms with Crippen LogP contribution >= 0.6 is 0 Å². The summed E-state index contributed by atoms with van der Waals surface area (Å²) in [6.45, 7) is 2.82. The van der Waals surface area contributed by atoms with E-state index in [9.17, 15) is 22.8 Å². The number of carbonyl (C=O) groups is 2. The highest BCUT2D eigenvalue weighted by Crippen LogP contribution is 2.46. The molecule has 2 amide bonds. The van der Waals surface area contributed by atoms with Crippen molar-refractivity contribution in [2.75, 3.05) is 39.5 Å². The van der Waals surface area contributed by atoms with E-state index < -0.39 is 29.5 Å². The Hall–Kier alpha value is -3.64. The van der Waals surface area contributed by atoms with E-state index in [1.165, 1.54) is 0 Å². The molecule has 1 N–H and O–H groups in total. The number of aryl methyl sites for hydroxylation is 2. The minimum absolute atomic E-state index is 0.00483. The highest BCUT2D eigenvalue weighted by molar-refractivity contribution is 5.96. The van der Waals surface area contributed by atoms with Gasteiger partial charge in [-0.15, -0.1) is 0 Å². The Bertz CT molecular complexity index is 1400. The summed E-state index contributed by atoms with van der Waals surface area (Å²) in [4.78, 5) is 27.5. The molecule has 4 heterocycles. The van der Waals surface area contributed by atoms with Crippen molar-refractivity contribution in [1.29, 1.82) is 0 Å². The van der Waals surface area contributed by atoms with Crippen LogP contribution < -0.4 is 5.32 Å². The summed E-state index contributed by atoms with van der Waals surface area (Å²) in [6, 6.07) is 9.16. The van der Waals surface area contributed by atoms with Crippen molar-refractivity contribution < 1.29 is 36.7 Å². The van der Waals surface area contributed by atoms with E-state index in [-0.39, 0.29) is 48.4 Å². The molecule has 0 bridgehead atoms. The van der Waals surface area contributed by atoms with Crippen molar-refractivity contribution in [2.24, 2.45) is 5.92 Å². The predicted molar refractivity (Wildman–Crippen MR) is 140 cm³/mol. The van der Waals surface area contributed by atoms with Crippen molar-refractivity contribution >= 4 is 11.8 Å². The van der Waals surface area contributed by atoms with Crippen LogP contribution in [-0.2, 0) is 35.0 Å². The van der Waals surface area contributed by atoms with Gasteiger partial charge in [-0.2, -0.15) is 18.3 Å². The van der Waals surface area contributed by atoms with Crippen molar-refractivity contribution in [3.8, 4) is 11.3 Å². The number of nitrogens with one attached hydrogen (secondary N) is 1. The van der Waals surface area contributed by atoms with Crippen LogP contribution in [0, 0.1) is 5.92 Å². The van der Waals surface area contributed by atoms with Gasteiger partial charge in [-0.25, -0.2) is 0 Å². The van der Waals surface area contributed by atoms with E-state index in [1.54, 1.807) is 23.0 Å². The number of amides is 2. The molecule has 1 aromatic carbocycles. The molecular formula is C29H31F3N4O5. The fourth-order valence-corrected chi connectivity index (χ4v) is 5.82. The zero-order valence-electron chi connectivity index (χ0n) is 22.4.